The average molecular weight is 354 g/mol. The summed E-state index contributed by atoms with van der Waals surface area (Å²) < 4.78 is 0. The predicted molar refractivity (Wildman–Crippen MR) is 118 cm³/mol. The van der Waals surface area contributed by atoms with E-state index in [0.717, 1.165) is 25.0 Å². The smallest absolute Gasteiger partial charge is 0.0343 e. The van der Waals surface area contributed by atoms with Crippen molar-refractivity contribution in [2.24, 2.45) is 23.5 Å². The first kappa shape index (κ1) is 22.3. The van der Waals surface area contributed by atoms with E-state index in [1.54, 1.807) is 0 Å². The maximum absolute atomic E-state index is 6.32. The quantitative estimate of drug-likeness (QED) is 0.360. The average Bonchev–Trinajstić information content (AvgIpc) is 2.63. The Morgan fingerprint density at radius 2 is 2.00 bits per heavy atom. The third-order valence-electron chi connectivity index (χ3n) is 5.56. The highest BCUT2D eigenvalue weighted by Crippen LogP contribution is 2.39. The van der Waals surface area contributed by atoms with Gasteiger partial charge in [-0.2, -0.15) is 0 Å². The van der Waals surface area contributed by atoms with Crippen molar-refractivity contribution in [3.63, 3.8) is 0 Å². The van der Waals surface area contributed by atoms with Gasteiger partial charge in [0.15, 0.2) is 0 Å². The summed E-state index contributed by atoms with van der Waals surface area (Å²) in [4.78, 5) is 0. The van der Waals surface area contributed by atoms with E-state index in [-0.39, 0.29) is 0 Å². The summed E-state index contributed by atoms with van der Waals surface area (Å²) in [5.74, 6) is 1.75. The Kier molecular flexibility index (Phi) is 9.48. The molecule has 0 aromatic rings. The number of hydrogen-bond donors (Lipinski definition) is 1. The molecule has 3 unspecified atom stereocenters. The summed E-state index contributed by atoms with van der Waals surface area (Å²) in [6.07, 6.45) is 17.7. The van der Waals surface area contributed by atoms with Gasteiger partial charge in [0.1, 0.15) is 0 Å². The normalized spacial score (nSPS) is 23.9. The van der Waals surface area contributed by atoms with Crippen LogP contribution in [0.15, 0.2) is 71.0 Å². The first-order valence-corrected chi connectivity index (χ1v) is 10.1. The molecule has 1 aliphatic rings. The number of rotatable bonds is 8. The molecule has 0 aromatic heterocycles. The molecule has 1 aliphatic carbocycles. The second kappa shape index (κ2) is 11.1. The summed E-state index contributed by atoms with van der Waals surface area (Å²) in [6.45, 7) is 17.3. The summed E-state index contributed by atoms with van der Waals surface area (Å²) in [5.41, 5.74) is 12.5. The molecule has 0 radical (unpaired) electrons. The van der Waals surface area contributed by atoms with Crippen LogP contribution in [-0.2, 0) is 0 Å². The molecule has 0 spiro atoms. The predicted octanol–water partition coefficient (Wildman–Crippen LogP) is 7.26. The lowest BCUT2D eigenvalue weighted by Gasteiger charge is -2.33. The molecule has 2 N–H and O–H groups in total. The van der Waals surface area contributed by atoms with Gasteiger partial charge in [0.2, 0.25) is 0 Å². The molecule has 0 amide bonds. The maximum Gasteiger partial charge on any atom is 0.0343 e. The van der Waals surface area contributed by atoms with Crippen LogP contribution >= 0.6 is 0 Å². The molecule has 0 saturated carbocycles. The van der Waals surface area contributed by atoms with Crippen LogP contribution in [0.1, 0.15) is 67.2 Å². The van der Waals surface area contributed by atoms with E-state index in [4.69, 9.17) is 5.73 Å². The van der Waals surface area contributed by atoms with Gasteiger partial charge in [-0.15, -0.1) is 0 Å². The number of hydrogen-bond acceptors (Lipinski definition) is 1. The highest BCUT2D eigenvalue weighted by atomic mass is 14.6. The zero-order valence-electron chi connectivity index (χ0n) is 17.8. The largest absolute Gasteiger partial charge is 0.399 e. The van der Waals surface area contributed by atoms with E-state index in [0.29, 0.717) is 17.8 Å². The van der Waals surface area contributed by atoms with Crippen molar-refractivity contribution < 1.29 is 0 Å². The van der Waals surface area contributed by atoms with E-state index < -0.39 is 0 Å². The third kappa shape index (κ3) is 6.86. The van der Waals surface area contributed by atoms with Crippen molar-refractivity contribution >= 4 is 0 Å². The molecule has 0 aliphatic heterocycles. The van der Waals surface area contributed by atoms with Crippen molar-refractivity contribution in [1.82, 2.24) is 0 Å². The number of allylic oxidation sites excluding steroid dienone is 10. The standard InChI is InChI=1S/C25H39N/c1-8-10-12-25(26)21(7)24-16-22(18(3)4)15-23(17-24)20(6)14-13-19(5)11-9-2/h9-13,17,20,22-23H,3,8,14-16,26H2,1-2,4-7H3/b11-9-,12-10-,19-13+,25-21-. The maximum atomic E-state index is 6.32. The topological polar surface area (TPSA) is 26.0 Å². The molecule has 26 heavy (non-hydrogen) atoms. The van der Waals surface area contributed by atoms with E-state index in [2.05, 4.69) is 84.6 Å². The van der Waals surface area contributed by atoms with Crippen LogP contribution in [0.3, 0.4) is 0 Å². The Bertz CT molecular complexity index is 625. The van der Waals surface area contributed by atoms with Gasteiger partial charge < -0.3 is 5.73 Å². The lowest BCUT2D eigenvalue weighted by Crippen LogP contribution is -2.21. The summed E-state index contributed by atoms with van der Waals surface area (Å²) in [5, 5.41) is 0. The van der Waals surface area contributed by atoms with Gasteiger partial charge in [0.05, 0.1) is 0 Å². The Morgan fingerprint density at radius 3 is 2.58 bits per heavy atom. The van der Waals surface area contributed by atoms with Crippen LogP contribution in [0.5, 0.6) is 0 Å². The lowest BCUT2D eigenvalue weighted by molar-refractivity contribution is 0.337. The molecule has 3 atom stereocenters. The van der Waals surface area contributed by atoms with Gasteiger partial charge in [-0.25, -0.2) is 0 Å². The van der Waals surface area contributed by atoms with Crippen LogP contribution in [-0.4, -0.2) is 0 Å². The first-order chi connectivity index (χ1) is 12.3. The second-order valence-corrected chi connectivity index (χ2v) is 7.89. The minimum Gasteiger partial charge on any atom is -0.399 e. The van der Waals surface area contributed by atoms with Crippen molar-refractivity contribution in [3.05, 3.63) is 71.0 Å². The molecule has 0 aromatic carbocycles. The second-order valence-electron chi connectivity index (χ2n) is 7.89. The van der Waals surface area contributed by atoms with Gasteiger partial charge in [0, 0.05) is 5.70 Å². The highest BCUT2D eigenvalue weighted by molar-refractivity contribution is 5.39. The van der Waals surface area contributed by atoms with Crippen LogP contribution in [0.25, 0.3) is 0 Å². The van der Waals surface area contributed by atoms with Gasteiger partial charge in [-0.1, -0.05) is 62.0 Å². The fourth-order valence-electron chi connectivity index (χ4n) is 3.55. The minimum absolute atomic E-state index is 0.556. The molecule has 1 nitrogen and oxygen atoms in total. The SMILES string of the molecule is C=C(C)C1CC(/C(C)=C(N)/C=C\CC)=CC(C(C)C/C=C(C)/C=C\C)C1. The summed E-state index contributed by atoms with van der Waals surface area (Å²) >= 11 is 0. The fourth-order valence-corrected chi connectivity index (χ4v) is 3.55. The highest BCUT2D eigenvalue weighted by Gasteiger charge is 2.27. The molecule has 0 heterocycles. The van der Waals surface area contributed by atoms with Gasteiger partial charge in [-0.05, 0) is 88.4 Å². The van der Waals surface area contributed by atoms with Gasteiger partial charge >= 0.3 is 0 Å². The lowest BCUT2D eigenvalue weighted by atomic mass is 9.72. The molecule has 144 valence electrons. The minimum atomic E-state index is 0.556. The zero-order valence-corrected chi connectivity index (χ0v) is 17.8. The molecular weight excluding hydrogens is 314 g/mol. The molecule has 0 fully saturated rings. The van der Waals surface area contributed by atoms with E-state index in [1.165, 1.54) is 28.7 Å². The van der Waals surface area contributed by atoms with Crippen molar-refractivity contribution in [2.45, 2.75) is 67.2 Å². The van der Waals surface area contributed by atoms with Crippen LogP contribution in [0, 0.1) is 17.8 Å². The zero-order chi connectivity index (χ0) is 19.7. The van der Waals surface area contributed by atoms with Crippen LogP contribution < -0.4 is 5.73 Å². The van der Waals surface area contributed by atoms with Crippen LogP contribution in [0.2, 0.25) is 0 Å². The van der Waals surface area contributed by atoms with Crippen LogP contribution in [0.4, 0.5) is 0 Å². The van der Waals surface area contributed by atoms with Crippen molar-refractivity contribution in [2.75, 3.05) is 0 Å². The molecule has 1 heteroatoms. The third-order valence-corrected chi connectivity index (χ3v) is 5.56. The van der Waals surface area contributed by atoms with Gasteiger partial charge in [0.25, 0.3) is 0 Å². The van der Waals surface area contributed by atoms with Crippen molar-refractivity contribution in [3.8, 4) is 0 Å². The molecular formula is C25H39N. The molecule has 0 bridgehead atoms. The molecule has 1 rings (SSSR count). The Morgan fingerprint density at radius 1 is 1.31 bits per heavy atom. The molecule has 0 saturated heterocycles. The fraction of sp³-hybridized carbons (Fsp3) is 0.520. The van der Waals surface area contributed by atoms with Gasteiger partial charge in [-0.3, -0.25) is 0 Å². The summed E-state index contributed by atoms with van der Waals surface area (Å²) in [6, 6.07) is 0. The number of nitrogens with two attached hydrogens (primary N) is 1. The first-order valence-electron chi connectivity index (χ1n) is 10.1. The van der Waals surface area contributed by atoms with E-state index in [9.17, 15) is 0 Å². The van der Waals surface area contributed by atoms with Crippen molar-refractivity contribution in [1.29, 1.82) is 0 Å². The summed E-state index contributed by atoms with van der Waals surface area (Å²) in [7, 11) is 0. The Labute approximate surface area is 162 Å². The van der Waals surface area contributed by atoms with E-state index >= 15 is 0 Å². The Hall–Kier alpha value is -1.76. The monoisotopic (exact) mass is 353 g/mol. The van der Waals surface area contributed by atoms with E-state index in [1.807, 2.05) is 0 Å². The Balaban J connectivity index is 3.08.